The molecule has 1 aromatic rings. The van der Waals surface area contributed by atoms with Crippen molar-refractivity contribution in [3.05, 3.63) is 17.6 Å². The van der Waals surface area contributed by atoms with Gasteiger partial charge in [0.2, 0.25) is 5.91 Å². The van der Waals surface area contributed by atoms with Crippen LogP contribution in [0.2, 0.25) is 0 Å². The normalized spacial score (nSPS) is 25.2. The Hall–Kier alpha value is -1.69. The molecule has 26 heavy (non-hydrogen) atoms. The van der Waals surface area contributed by atoms with Gasteiger partial charge in [0, 0.05) is 50.2 Å². The van der Waals surface area contributed by atoms with Crippen molar-refractivity contribution in [1.82, 2.24) is 19.8 Å². The number of anilines is 1. The van der Waals surface area contributed by atoms with Gasteiger partial charge >= 0.3 is 0 Å². The highest BCUT2D eigenvalue weighted by Crippen LogP contribution is 2.32. The molecule has 3 heterocycles. The highest BCUT2D eigenvalue weighted by Gasteiger charge is 2.43. The zero-order valence-electron chi connectivity index (χ0n) is 16.5. The third-order valence-corrected chi connectivity index (χ3v) is 5.87. The average molecular weight is 358 g/mol. The molecule has 0 bridgehead atoms. The summed E-state index contributed by atoms with van der Waals surface area (Å²) in [6, 6.07) is 2.79. The molecule has 1 aromatic heterocycles. The van der Waals surface area contributed by atoms with Crippen molar-refractivity contribution in [2.75, 3.05) is 37.6 Å². The molecular formula is C20H31N5O. The van der Waals surface area contributed by atoms with Crippen LogP contribution in [0.25, 0.3) is 0 Å². The second-order valence-corrected chi connectivity index (χ2v) is 9.00. The Labute approximate surface area is 156 Å². The molecule has 3 aliphatic rings. The van der Waals surface area contributed by atoms with Crippen molar-refractivity contribution in [1.29, 1.82) is 0 Å². The van der Waals surface area contributed by atoms with E-state index in [1.807, 2.05) is 6.92 Å². The number of aryl methyl sites for hydroxylation is 1. The van der Waals surface area contributed by atoms with Gasteiger partial charge < -0.3 is 9.80 Å². The summed E-state index contributed by atoms with van der Waals surface area (Å²) in [7, 11) is 0. The fraction of sp³-hybridized carbons (Fsp3) is 0.750. The third-order valence-electron chi connectivity index (χ3n) is 5.87. The molecular weight excluding hydrogens is 326 g/mol. The largest absolute Gasteiger partial charge is 0.354 e. The molecule has 1 unspecified atom stereocenters. The maximum absolute atomic E-state index is 12.7. The maximum Gasteiger partial charge on any atom is 0.240 e. The van der Waals surface area contributed by atoms with Crippen molar-refractivity contribution in [2.45, 2.75) is 64.5 Å². The lowest BCUT2D eigenvalue weighted by molar-refractivity contribution is -0.132. The van der Waals surface area contributed by atoms with Crippen molar-refractivity contribution >= 4 is 11.7 Å². The standard InChI is InChI=1S/C20H31N5O/c1-14-21-17(20(2,3)4)13-18(22-14)24-11-9-23(10-12-24)16-7-8-25(19(16)26)15-5-6-15/h13,15-16H,5-12H2,1-4H3. The number of hydrogen-bond acceptors (Lipinski definition) is 5. The average Bonchev–Trinajstić information content (AvgIpc) is 3.36. The number of nitrogens with zero attached hydrogens (tertiary/aromatic N) is 5. The van der Waals surface area contributed by atoms with Gasteiger partial charge in [-0.2, -0.15) is 0 Å². The summed E-state index contributed by atoms with van der Waals surface area (Å²) in [6.45, 7) is 13.2. The van der Waals surface area contributed by atoms with Gasteiger partial charge in [0.15, 0.2) is 0 Å². The first-order valence-corrected chi connectivity index (χ1v) is 9.98. The monoisotopic (exact) mass is 357 g/mol. The van der Waals surface area contributed by atoms with E-state index in [2.05, 4.69) is 51.5 Å². The van der Waals surface area contributed by atoms with Gasteiger partial charge in [-0.3, -0.25) is 9.69 Å². The molecule has 142 valence electrons. The maximum atomic E-state index is 12.7. The molecule has 6 heteroatoms. The van der Waals surface area contributed by atoms with Gasteiger partial charge in [0.05, 0.1) is 11.7 Å². The van der Waals surface area contributed by atoms with Gasteiger partial charge in [0.1, 0.15) is 11.6 Å². The van der Waals surface area contributed by atoms with E-state index < -0.39 is 0 Å². The van der Waals surface area contributed by atoms with Crippen molar-refractivity contribution in [3.8, 4) is 0 Å². The molecule has 1 amide bonds. The zero-order valence-corrected chi connectivity index (χ0v) is 16.5. The minimum atomic E-state index is 0.0206. The van der Waals surface area contributed by atoms with Crippen LogP contribution in [0.4, 0.5) is 5.82 Å². The molecule has 0 radical (unpaired) electrons. The summed E-state index contributed by atoms with van der Waals surface area (Å²) in [5.41, 5.74) is 1.11. The Balaban J connectivity index is 1.41. The summed E-state index contributed by atoms with van der Waals surface area (Å²) < 4.78 is 0. The van der Waals surface area contributed by atoms with Crippen molar-refractivity contribution in [3.63, 3.8) is 0 Å². The number of likely N-dealkylation sites (tertiary alicyclic amines) is 1. The molecule has 1 aliphatic carbocycles. The first-order chi connectivity index (χ1) is 12.3. The van der Waals surface area contributed by atoms with Gasteiger partial charge in [-0.1, -0.05) is 20.8 Å². The van der Waals surface area contributed by atoms with Crippen LogP contribution in [0, 0.1) is 6.92 Å². The number of piperazine rings is 1. The Morgan fingerprint density at radius 2 is 1.69 bits per heavy atom. The third kappa shape index (κ3) is 3.43. The van der Waals surface area contributed by atoms with E-state index in [1.54, 1.807) is 0 Å². The molecule has 1 saturated carbocycles. The Kier molecular flexibility index (Phi) is 4.41. The molecule has 0 spiro atoms. The molecule has 4 rings (SSSR count). The number of carbonyl (C=O) groups excluding carboxylic acids is 1. The minimum absolute atomic E-state index is 0.0206. The molecule has 0 aromatic carbocycles. The second-order valence-electron chi connectivity index (χ2n) is 9.00. The van der Waals surface area contributed by atoms with Gasteiger partial charge in [-0.05, 0) is 26.2 Å². The van der Waals surface area contributed by atoms with Crippen LogP contribution in [0.5, 0.6) is 0 Å². The van der Waals surface area contributed by atoms with Crippen molar-refractivity contribution < 1.29 is 4.79 Å². The Morgan fingerprint density at radius 1 is 1.00 bits per heavy atom. The summed E-state index contributed by atoms with van der Waals surface area (Å²) in [5, 5.41) is 0. The lowest BCUT2D eigenvalue weighted by Crippen LogP contribution is -2.53. The van der Waals surface area contributed by atoms with E-state index in [-0.39, 0.29) is 11.5 Å². The van der Waals surface area contributed by atoms with E-state index in [0.717, 1.165) is 56.5 Å². The van der Waals surface area contributed by atoms with E-state index >= 15 is 0 Å². The van der Waals surface area contributed by atoms with Crippen LogP contribution in [-0.2, 0) is 10.2 Å². The highest BCUT2D eigenvalue weighted by atomic mass is 16.2. The number of hydrogen-bond donors (Lipinski definition) is 0. The highest BCUT2D eigenvalue weighted by molar-refractivity contribution is 5.84. The van der Waals surface area contributed by atoms with Gasteiger partial charge in [-0.15, -0.1) is 0 Å². The van der Waals surface area contributed by atoms with E-state index in [1.165, 1.54) is 12.8 Å². The first kappa shape index (κ1) is 17.7. The molecule has 6 nitrogen and oxygen atoms in total. The van der Waals surface area contributed by atoms with Crippen LogP contribution >= 0.6 is 0 Å². The van der Waals surface area contributed by atoms with Crippen LogP contribution in [-0.4, -0.2) is 70.5 Å². The number of rotatable bonds is 3. The zero-order chi connectivity index (χ0) is 18.5. The fourth-order valence-corrected chi connectivity index (χ4v) is 4.13. The predicted molar refractivity (Wildman–Crippen MR) is 102 cm³/mol. The summed E-state index contributed by atoms with van der Waals surface area (Å²) in [6.07, 6.45) is 3.40. The van der Waals surface area contributed by atoms with E-state index in [0.29, 0.717) is 11.9 Å². The molecule has 2 saturated heterocycles. The lowest BCUT2D eigenvalue weighted by Gasteiger charge is -2.38. The van der Waals surface area contributed by atoms with Crippen LogP contribution < -0.4 is 4.90 Å². The topological polar surface area (TPSA) is 52.6 Å². The fourth-order valence-electron chi connectivity index (χ4n) is 4.13. The number of carbonyl (C=O) groups is 1. The number of amides is 1. The van der Waals surface area contributed by atoms with Crippen molar-refractivity contribution in [2.24, 2.45) is 0 Å². The van der Waals surface area contributed by atoms with E-state index in [4.69, 9.17) is 0 Å². The van der Waals surface area contributed by atoms with Crippen LogP contribution in [0.15, 0.2) is 6.07 Å². The quantitative estimate of drug-likeness (QED) is 0.828. The first-order valence-electron chi connectivity index (χ1n) is 9.98. The molecule has 0 N–H and O–H groups in total. The SMILES string of the molecule is Cc1nc(N2CCN(C3CCN(C4CC4)C3=O)CC2)cc(C(C)(C)C)n1. The summed E-state index contributed by atoms with van der Waals surface area (Å²) in [4.78, 5) is 28.8. The smallest absolute Gasteiger partial charge is 0.240 e. The van der Waals surface area contributed by atoms with Gasteiger partial charge in [0.25, 0.3) is 0 Å². The predicted octanol–water partition coefficient (Wildman–Crippen LogP) is 1.97. The van der Waals surface area contributed by atoms with Crippen LogP contribution in [0.3, 0.4) is 0 Å². The Bertz CT molecular complexity index is 686. The summed E-state index contributed by atoms with van der Waals surface area (Å²) in [5.74, 6) is 2.23. The second kappa shape index (κ2) is 6.48. The molecule has 1 atom stereocenters. The lowest BCUT2D eigenvalue weighted by atomic mass is 9.92. The summed E-state index contributed by atoms with van der Waals surface area (Å²) >= 11 is 0. The van der Waals surface area contributed by atoms with Gasteiger partial charge in [-0.25, -0.2) is 9.97 Å². The number of aromatic nitrogens is 2. The molecule has 2 aliphatic heterocycles. The minimum Gasteiger partial charge on any atom is -0.354 e. The van der Waals surface area contributed by atoms with Crippen LogP contribution in [0.1, 0.15) is 51.6 Å². The molecule has 3 fully saturated rings. The Morgan fingerprint density at radius 3 is 2.31 bits per heavy atom. The van der Waals surface area contributed by atoms with E-state index in [9.17, 15) is 4.79 Å².